The van der Waals surface area contributed by atoms with Crippen LogP contribution in [0.3, 0.4) is 0 Å². The van der Waals surface area contributed by atoms with Gasteiger partial charge in [0.15, 0.2) is 6.29 Å². The zero-order chi connectivity index (χ0) is 60.9. The molecule has 84 heavy (non-hydrogen) atoms. The highest BCUT2D eigenvalue weighted by Gasteiger charge is 2.44. The number of allylic oxidation sites excluding steroid dienone is 9. The molecular weight excluding hydrogens is 1050 g/mol. The zero-order valence-electron chi connectivity index (χ0n) is 54.4. The molecule has 7 unspecified atom stereocenters. The Balaban J connectivity index is 1.91. The lowest BCUT2D eigenvalue weighted by Crippen LogP contribution is -2.60. The summed E-state index contributed by atoms with van der Waals surface area (Å²) in [4.78, 5) is 25.1. The number of rotatable bonds is 62. The maximum Gasteiger partial charge on any atom is 0.305 e. The first-order valence-corrected chi connectivity index (χ1v) is 35.6. The van der Waals surface area contributed by atoms with Crippen LogP contribution in [0.1, 0.15) is 328 Å². The number of aliphatic hydroxyl groups is 5. The standard InChI is InChI=1S/C73H133NO10/c1-3-5-7-9-11-13-14-15-16-17-28-32-35-38-41-45-49-53-57-61-69(78)82-62-58-54-50-46-42-39-36-33-30-27-25-23-21-19-18-20-22-24-26-29-31-34-37-40-44-48-52-56-60-68(77)74-65(66(76)59-55-51-47-43-12-10-8-6-4-2)64-83-73-72(81)71(80)70(79)67(63-75)84-73/h11-13,15-16,18-19,43,55,59,65-67,70-73,75-76,79-81H,3-10,14,17,20-42,44-54,56-58,60-64H2,1-2H3,(H,74,77)/b13-11-,16-15-,19-18-,43-12+,59-55+. The lowest BCUT2D eigenvalue weighted by molar-refractivity contribution is -0.302. The smallest absolute Gasteiger partial charge is 0.305 e. The fraction of sp³-hybridized carbons (Fsp3) is 0.836. The van der Waals surface area contributed by atoms with Gasteiger partial charge in [-0.1, -0.05) is 274 Å². The molecule has 1 heterocycles. The molecule has 1 amide bonds. The second-order valence-electron chi connectivity index (χ2n) is 24.6. The highest BCUT2D eigenvalue weighted by molar-refractivity contribution is 5.76. The molecule has 6 N–H and O–H groups in total. The topological polar surface area (TPSA) is 175 Å². The lowest BCUT2D eigenvalue weighted by atomic mass is 9.99. The molecule has 11 nitrogen and oxygen atoms in total. The van der Waals surface area contributed by atoms with Gasteiger partial charge >= 0.3 is 5.97 Å². The number of esters is 1. The van der Waals surface area contributed by atoms with Gasteiger partial charge in [-0.25, -0.2) is 0 Å². The number of carbonyl (C=O) groups is 2. The SMILES string of the molecule is CCCCC/C=C\C/C=C\CCCCCCCCCCCC(=O)OCCCCCCCCCCCCCC/C=C\CCCCCCCCCCCCCCC(=O)NC(COC1OC(CO)C(O)C(O)C1O)C(O)/C=C/CC/C=C/CCCCC. The van der Waals surface area contributed by atoms with Gasteiger partial charge in [0.2, 0.25) is 5.91 Å². The van der Waals surface area contributed by atoms with Crippen LogP contribution in [0, 0.1) is 0 Å². The minimum atomic E-state index is -1.58. The fourth-order valence-corrected chi connectivity index (χ4v) is 10.9. The normalized spacial score (nSPS) is 18.4. The lowest BCUT2D eigenvalue weighted by Gasteiger charge is -2.40. The molecule has 1 aliphatic rings. The summed E-state index contributed by atoms with van der Waals surface area (Å²) >= 11 is 0. The fourth-order valence-electron chi connectivity index (χ4n) is 10.9. The molecule has 11 heteroatoms. The Morgan fingerprint density at radius 3 is 1.25 bits per heavy atom. The van der Waals surface area contributed by atoms with Gasteiger partial charge < -0.3 is 45.1 Å². The summed E-state index contributed by atoms with van der Waals surface area (Å²) in [6, 6.07) is -0.827. The molecule has 0 bridgehead atoms. The second-order valence-corrected chi connectivity index (χ2v) is 24.6. The Labute approximate surface area is 516 Å². The predicted molar refractivity (Wildman–Crippen MR) is 352 cm³/mol. The van der Waals surface area contributed by atoms with Crippen LogP contribution in [0.15, 0.2) is 60.8 Å². The van der Waals surface area contributed by atoms with Crippen molar-refractivity contribution in [3.05, 3.63) is 60.8 Å². The molecule has 1 aliphatic heterocycles. The molecular formula is C73H133NO10. The van der Waals surface area contributed by atoms with Crippen LogP contribution in [0.25, 0.3) is 0 Å². The quantitative estimate of drug-likeness (QED) is 0.0195. The molecule has 1 saturated heterocycles. The molecule has 0 aromatic heterocycles. The van der Waals surface area contributed by atoms with E-state index < -0.39 is 49.5 Å². The Bertz CT molecular complexity index is 1580. The van der Waals surface area contributed by atoms with Gasteiger partial charge in [-0.3, -0.25) is 9.59 Å². The molecule has 0 aromatic carbocycles. The van der Waals surface area contributed by atoms with Crippen molar-refractivity contribution in [2.24, 2.45) is 0 Å². The van der Waals surface area contributed by atoms with E-state index in [0.29, 0.717) is 19.4 Å². The summed E-state index contributed by atoms with van der Waals surface area (Å²) in [5.74, 6) is -0.192. The van der Waals surface area contributed by atoms with Crippen LogP contribution in [-0.2, 0) is 23.8 Å². The van der Waals surface area contributed by atoms with Gasteiger partial charge in [0.1, 0.15) is 24.4 Å². The first-order chi connectivity index (χ1) is 41.2. The number of aliphatic hydroxyl groups excluding tert-OH is 5. The molecule has 0 aromatic rings. The Kier molecular flexibility index (Phi) is 58.6. The van der Waals surface area contributed by atoms with Crippen LogP contribution in [0.2, 0.25) is 0 Å². The third-order valence-corrected chi connectivity index (χ3v) is 16.6. The van der Waals surface area contributed by atoms with E-state index >= 15 is 0 Å². The average Bonchev–Trinajstić information content (AvgIpc) is 3.55. The van der Waals surface area contributed by atoms with Crippen LogP contribution in [0.4, 0.5) is 0 Å². The monoisotopic (exact) mass is 1180 g/mol. The van der Waals surface area contributed by atoms with Gasteiger partial charge in [0.25, 0.3) is 0 Å². The molecule has 0 saturated carbocycles. The number of nitrogens with one attached hydrogen (secondary N) is 1. The molecule has 1 fully saturated rings. The maximum atomic E-state index is 13.0. The molecule has 490 valence electrons. The van der Waals surface area contributed by atoms with Gasteiger partial charge in [-0.05, 0) is 103 Å². The van der Waals surface area contributed by atoms with Crippen LogP contribution in [-0.4, -0.2) is 100 Å². The molecule has 0 spiro atoms. The molecule has 7 atom stereocenters. The largest absolute Gasteiger partial charge is 0.466 e. The van der Waals surface area contributed by atoms with Crippen molar-refractivity contribution in [2.45, 2.75) is 371 Å². The minimum Gasteiger partial charge on any atom is -0.466 e. The number of carbonyl (C=O) groups excluding carboxylic acids is 2. The van der Waals surface area contributed by atoms with Crippen molar-refractivity contribution in [3.8, 4) is 0 Å². The van der Waals surface area contributed by atoms with Crippen molar-refractivity contribution < 1.29 is 49.3 Å². The number of amides is 1. The molecule has 1 rings (SSSR count). The number of hydrogen-bond acceptors (Lipinski definition) is 10. The average molecular weight is 1180 g/mol. The van der Waals surface area contributed by atoms with E-state index in [1.54, 1.807) is 6.08 Å². The summed E-state index contributed by atoms with van der Waals surface area (Å²) in [5.41, 5.74) is 0. The Hall–Kier alpha value is -2.64. The molecule has 0 aliphatic carbocycles. The predicted octanol–water partition coefficient (Wildman–Crippen LogP) is 18.1. The van der Waals surface area contributed by atoms with E-state index in [4.69, 9.17) is 14.2 Å². The second kappa shape index (κ2) is 62.0. The number of unbranched alkanes of at least 4 members (excludes halogenated alkanes) is 40. The zero-order valence-corrected chi connectivity index (χ0v) is 54.4. The van der Waals surface area contributed by atoms with E-state index in [2.05, 4.69) is 67.8 Å². The highest BCUT2D eigenvalue weighted by Crippen LogP contribution is 2.23. The van der Waals surface area contributed by atoms with Crippen LogP contribution in [0.5, 0.6) is 0 Å². The Morgan fingerprint density at radius 1 is 0.440 bits per heavy atom. The summed E-state index contributed by atoms with van der Waals surface area (Å²) < 4.78 is 16.7. The summed E-state index contributed by atoms with van der Waals surface area (Å²) in [7, 11) is 0. The summed E-state index contributed by atoms with van der Waals surface area (Å²) in [5, 5.41) is 54.2. The molecule has 0 radical (unpaired) electrons. The van der Waals surface area contributed by atoms with Crippen molar-refractivity contribution in [1.82, 2.24) is 5.32 Å². The van der Waals surface area contributed by atoms with E-state index in [1.165, 1.54) is 238 Å². The Morgan fingerprint density at radius 2 is 0.810 bits per heavy atom. The van der Waals surface area contributed by atoms with Gasteiger partial charge in [-0.15, -0.1) is 0 Å². The van der Waals surface area contributed by atoms with E-state index in [0.717, 1.165) is 64.2 Å². The van der Waals surface area contributed by atoms with Gasteiger partial charge in [0.05, 0.1) is 32.0 Å². The van der Waals surface area contributed by atoms with Crippen molar-refractivity contribution in [3.63, 3.8) is 0 Å². The first kappa shape index (κ1) is 79.4. The highest BCUT2D eigenvalue weighted by atomic mass is 16.7. The van der Waals surface area contributed by atoms with Crippen molar-refractivity contribution in [2.75, 3.05) is 19.8 Å². The first-order valence-electron chi connectivity index (χ1n) is 35.6. The van der Waals surface area contributed by atoms with Gasteiger partial charge in [0, 0.05) is 12.8 Å². The number of hydrogen-bond donors (Lipinski definition) is 6. The van der Waals surface area contributed by atoms with Crippen LogP contribution < -0.4 is 5.32 Å². The third kappa shape index (κ3) is 50.4. The third-order valence-electron chi connectivity index (χ3n) is 16.6. The van der Waals surface area contributed by atoms with Crippen LogP contribution >= 0.6 is 0 Å². The van der Waals surface area contributed by atoms with E-state index in [9.17, 15) is 35.1 Å². The van der Waals surface area contributed by atoms with Crippen molar-refractivity contribution in [1.29, 1.82) is 0 Å². The van der Waals surface area contributed by atoms with Crippen molar-refractivity contribution >= 4 is 11.9 Å². The van der Waals surface area contributed by atoms with E-state index in [1.807, 2.05) is 6.08 Å². The maximum absolute atomic E-state index is 13.0. The summed E-state index contributed by atoms with van der Waals surface area (Å²) in [6.45, 7) is 4.27. The number of ether oxygens (including phenoxy) is 3. The van der Waals surface area contributed by atoms with E-state index in [-0.39, 0.29) is 18.5 Å². The minimum absolute atomic E-state index is 0.00240. The van der Waals surface area contributed by atoms with Gasteiger partial charge in [-0.2, -0.15) is 0 Å². The summed E-state index contributed by atoms with van der Waals surface area (Å²) in [6.07, 6.45) is 72.3.